The Balaban J connectivity index is 1.92. The monoisotopic (exact) mass is 311 g/mol. The quantitative estimate of drug-likeness (QED) is 0.772. The highest BCUT2D eigenvalue weighted by atomic mass is 32.1. The number of nitrogens with two attached hydrogens (primary N) is 1. The average Bonchev–Trinajstić information content (AvgIpc) is 2.98. The van der Waals surface area contributed by atoms with Crippen LogP contribution in [0.4, 0.5) is 10.9 Å². The Morgan fingerprint density at radius 1 is 1.23 bits per heavy atom. The van der Waals surface area contributed by atoms with E-state index in [4.69, 9.17) is 5.73 Å². The Morgan fingerprint density at radius 2 is 2.00 bits per heavy atom. The van der Waals surface area contributed by atoms with E-state index in [1.165, 1.54) is 11.3 Å². The number of primary amides is 1. The minimum Gasteiger partial charge on any atom is -0.366 e. The second-order valence-electron chi connectivity index (χ2n) is 4.60. The van der Waals surface area contributed by atoms with Crippen LogP contribution in [0.2, 0.25) is 0 Å². The van der Waals surface area contributed by atoms with E-state index in [0.717, 1.165) is 11.4 Å². The first-order valence-electron chi connectivity index (χ1n) is 6.54. The summed E-state index contributed by atoms with van der Waals surface area (Å²) >= 11 is 1.41. The molecule has 0 saturated carbocycles. The molecule has 0 aliphatic carbocycles. The van der Waals surface area contributed by atoms with Crippen molar-refractivity contribution in [2.24, 2.45) is 5.73 Å². The maximum atomic E-state index is 11.5. The number of carbonyl (C=O) groups excluding carboxylic acids is 1. The van der Waals surface area contributed by atoms with Crippen LogP contribution in [0.15, 0.2) is 42.0 Å². The summed E-state index contributed by atoms with van der Waals surface area (Å²) in [6, 6.07) is 7.15. The highest BCUT2D eigenvalue weighted by Gasteiger charge is 2.14. The fourth-order valence-electron chi connectivity index (χ4n) is 1.97. The van der Waals surface area contributed by atoms with Gasteiger partial charge in [0.05, 0.1) is 5.56 Å². The number of rotatable bonds is 4. The fraction of sp³-hybridized carbons (Fsp3) is 0.0667. The van der Waals surface area contributed by atoms with Crippen LogP contribution in [0.25, 0.3) is 11.4 Å². The van der Waals surface area contributed by atoms with Crippen molar-refractivity contribution in [2.45, 2.75) is 6.92 Å². The Labute approximate surface area is 131 Å². The van der Waals surface area contributed by atoms with Crippen LogP contribution in [0, 0.1) is 6.92 Å². The third-order valence-electron chi connectivity index (χ3n) is 3.05. The fourth-order valence-corrected chi connectivity index (χ4v) is 2.66. The van der Waals surface area contributed by atoms with Crippen molar-refractivity contribution >= 4 is 28.2 Å². The molecule has 0 atom stereocenters. The van der Waals surface area contributed by atoms with Gasteiger partial charge in [-0.25, -0.2) is 9.97 Å². The molecule has 22 heavy (non-hydrogen) atoms. The van der Waals surface area contributed by atoms with E-state index in [2.05, 4.69) is 20.3 Å². The van der Waals surface area contributed by atoms with Gasteiger partial charge in [0, 0.05) is 17.8 Å². The smallest absolute Gasteiger partial charge is 0.250 e. The minimum atomic E-state index is -0.522. The normalized spacial score (nSPS) is 10.4. The molecule has 3 rings (SSSR count). The van der Waals surface area contributed by atoms with Gasteiger partial charge in [0.1, 0.15) is 17.2 Å². The van der Waals surface area contributed by atoms with E-state index < -0.39 is 5.91 Å². The molecule has 1 amide bonds. The van der Waals surface area contributed by atoms with E-state index >= 15 is 0 Å². The first-order valence-corrected chi connectivity index (χ1v) is 7.42. The maximum Gasteiger partial charge on any atom is 0.250 e. The van der Waals surface area contributed by atoms with E-state index in [1.807, 2.05) is 24.4 Å². The van der Waals surface area contributed by atoms with Gasteiger partial charge in [-0.1, -0.05) is 6.07 Å². The van der Waals surface area contributed by atoms with Crippen LogP contribution in [0.1, 0.15) is 15.9 Å². The van der Waals surface area contributed by atoms with Crippen LogP contribution >= 0.6 is 11.3 Å². The molecular formula is C15H13N5OS. The second kappa shape index (κ2) is 5.90. The predicted octanol–water partition coefficient (Wildman–Crippen LogP) is 2.75. The summed E-state index contributed by atoms with van der Waals surface area (Å²) in [7, 11) is 0. The number of nitrogens with zero attached hydrogens (tertiary/aromatic N) is 3. The zero-order valence-electron chi connectivity index (χ0n) is 11.8. The van der Waals surface area contributed by atoms with E-state index in [9.17, 15) is 4.79 Å². The van der Waals surface area contributed by atoms with Gasteiger partial charge in [-0.05, 0) is 30.7 Å². The van der Waals surface area contributed by atoms with Gasteiger partial charge in [0.25, 0.3) is 5.91 Å². The van der Waals surface area contributed by atoms with Crippen molar-refractivity contribution in [1.82, 2.24) is 15.0 Å². The molecule has 3 N–H and O–H groups in total. The molecule has 0 spiro atoms. The average molecular weight is 311 g/mol. The van der Waals surface area contributed by atoms with Crippen LogP contribution in [0.5, 0.6) is 0 Å². The number of hydrogen-bond donors (Lipinski definition) is 2. The third-order valence-corrected chi connectivity index (χ3v) is 3.81. The number of thiazole rings is 1. The summed E-state index contributed by atoms with van der Waals surface area (Å²) in [5.41, 5.74) is 7.84. The van der Waals surface area contributed by atoms with Crippen LogP contribution in [0.3, 0.4) is 0 Å². The van der Waals surface area contributed by atoms with Gasteiger partial charge in [0.2, 0.25) is 0 Å². The molecule has 0 saturated heterocycles. The Morgan fingerprint density at radius 3 is 2.77 bits per heavy atom. The SMILES string of the molecule is Cc1cccnc1Nc1nc(-c2ncccc2C(N)=O)cs1. The first-order chi connectivity index (χ1) is 10.6. The lowest BCUT2D eigenvalue weighted by Crippen LogP contribution is -2.13. The summed E-state index contributed by atoms with van der Waals surface area (Å²) in [5, 5.41) is 5.67. The zero-order chi connectivity index (χ0) is 15.5. The number of carbonyl (C=O) groups is 1. The van der Waals surface area contributed by atoms with Crippen molar-refractivity contribution in [3.63, 3.8) is 0 Å². The molecule has 0 aliphatic rings. The number of nitrogens with one attached hydrogen (secondary N) is 1. The molecule has 3 aromatic rings. The number of hydrogen-bond acceptors (Lipinski definition) is 6. The predicted molar refractivity (Wildman–Crippen MR) is 86.1 cm³/mol. The van der Waals surface area contributed by atoms with Crippen molar-refractivity contribution in [3.05, 3.63) is 53.2 Å². The Bertz CT molecular complexity index is 830. The highest BCUT2D eigenvalue weighted by Crippen LogP contribution is 2.28. The van der Waals surface area contributed by atoms with Crippen molar-refractivity contribution in [1.29, 1.82) is 0 Å². The first kappa shape index (κ1) is 14.2. The molecule has 0 aliphatic heterocycles. The summed E-state index contributed by atoms with van der Waals surface area (Å²) in [4.78, 5) is 24.4. The molecule has 0 aromatic carbocycles. The van der Waals surface area contributed by atoms with Crippen LogP contribution in [-0.4, -0.2) is 20.9 Å². The summed E-state index contributed by atoms with van der Waals surface area (Å²) in [6.07, 6.45) is 3.32. The number of pyridine rings is 2. The standard InChI is InChI=1S/C15H13N5OS/c1-9-4-2-7-18-14(9)20-15-19-11(8-22-15)12-10(13(16)21)5-3-6-17-12/h2-8H,1H3,(H2,16,21)(H,18,19,20). The van der Waals surface area contributed by atoms with E-state index in [0.29, 0.717) is 22.1 Å². The zero-order valence-corrected chi connectivity index (χ0v) is 12.6. The molecule has 0 fully saturated rings. The van der Waals surface area contributed by atoms with Crippen molar-refractivity contribution in [3.8, 4) is 11.4 Å². The highest BCUT2D eigenvalue weighted by molar-refractivity contribution is 7.14. The Kier molecular flexibility index (Phi) is 3.80. The number of anilines is 2. The molecule has 7 heteroatoms. The number of aromatic nitrogens is 3. The molecular weight excluding hydrogens is 298 g/mol. The lowest BCUT2D eigenvalue weighted by molar-refractivity contribution is 0.100. The van der Waals surface area contributed by atoms with Gasteiger partial charge in [0.15, 0.2) is 5.13 Å². The van der Waals surface area contributed by atoms with E-state index in [1.54, 1.807) is 24.5 Å². The second-order valence-corrected chi connectivity index (χ2v) is 5.45. The Hall–Kier alpha value is -2.80. The number of amides is 1. The molecule has 110 valence electrons. The molecule has 0 unspecified atom stereocenters. The van der Waals surface area contributed by atoms with Gasteiger partial charge < -0.3 is 11.1 Å². The maximum absolute atomic E-state index is 11.5. The molecule has 3 heterocycles. The van der Waals surface area contributed by atoms with Gasteiger partial charge in [-0.3, -0.25) is 9.78 Å². The molecule has 0 bridgehead atoms. The minimum absolute atomic E-state index is 0.355. The summed E-state index contributed by atoms with van der Waals surface area (Å²) < 4.78 is 0. The molecule has 3 aromatic heterocycles. The molecule has 6 nitrogen and oxygen atoms in total. The van der Waals surface area contributed by atoms with E-state index in [-0.39, 0.29) is 0 Å². The molecule has 0 radical (unpaired) electrons. The van der Waals surface area contributed by atoms with Crippen LogP contribution < -0.4 is 11.1 Å². The number of aryl methyl sites for hydroxylation is 1. The largest absolute Gasteiger partial charge is 0.366 e. The van der Waals surface area contributed by atoms with Crippen molar-refractivity contribution < 1.29 is 4.79 Å². The van der Waals surface area contributed by atoms with Crippen LogP contribution in [-0.2, 0) is 0 Å². The van der Waals surface area contributed by atoms with Gasteiger partial charge in [-0.15, -0.1) is 11.3 Å². The van der Waals surface area contributed by atoms with Gasteiger partial charge in [-0.2, -0.15) is 0 Å². The topological polar surface area (TPSA) is 93.8 Å². The summed E-state index contributed by atoms with van der Waals surface area (Å²) in [6.45, 7) is 1.97. The lowest BCUT2D eigenvalue weighted by Gasteiger charge is -2.04. The summed E-state index contributed by atoms with van der Waals surface area (Å²) in [5.74, 6) is 0.228. The van der Waals surface area contributed by atoms with Gasteiger partial charge >= 0.3 is 0 Å². The third kappa shape index (κ3) is 2.79. The lowest BCUT2D eigenvalue weighted by atomic mass is 10.1. The van der Waals surface area contributed by atoms with Crippen molar-refractivity contribution in [2.75, 3.05) is 5.32 Å².